The van der Waals surface area contributed by atoms with Crippen molar-refractivity contribution < 1.29 is 0 Å². The highest BCUT2D eigenvalue weighted by Crippen LogP contribution is 2.25. The Morgan fingerprint density at radius 3 is 2.93 bits per heavy atom. The Bertz CT molecular complexity index is 317. The fourth-order valence-corrected chi connectivity index (χ4v) is 2.69. The van der Waals surface area contributed by atoms with Gasteiger partial charge < -0.3 is 11.1 Å². The van der Waals surface area contributed by atoms with Gasteiger partial charge in [0.05, 0.1) is 12.2 Å². The first-order valence-electron chi connectivity index (χ1n) is 5.45. The topological polar surface area (TPSA) is 55.9 Å². The number of nitrogens with zero attached hydrogens (tertiary/aromatic N) is 2. The molecule has 84 valence electrons. The molecular formula is C10H17BrN4. The first kappa shape index (κ1) is 11.1. The van der Waals surface area contributed by atoms with Gasteiger partial charge in [0.25, 0.3) is 0 Å². The average molecular weight is 273 g/mol. The van der Waals surface area contributed by atoms with Crippen molar-refractivity contribution in [2.24, 2.45) is 5.73 Å². The summed E-state index contributed by atoms with van der Waals surface area (Å²) >= 11 is 3.61. The number of hydrogen-bond donors (Lipinski definition) is 2. The van der Waals surface area contributed by atoms with Crippen LogP contribution < -0.4 is 11.1 Å². The molecule has 1 aliphatic heterocycles. The van der Waals surface area contributed by atoms with Gasteiger partial charge in [-0.1, -0.05) is 0 Å². The highest BCUT2D eigenvalue weighted by atomic mass is 79.9. The molecule has 0 bridgehead atoms. The van der Waals surface area contributed by atoms with Crippen molar-refractivity contribution in [3.05, 3.63) is 16.4 Å². The third-order valence-corrected chi connectivity index (χ3v) is 3.74. The van der Waals surface area contributed by atoms with Crippen LogP contribution in [-0.2, 0) is 6.42 Å². The summed E-state index contributed by atoms with van der Waals surface area (Å²) in [6.45, 7) is 2.85. The largest absolute Gasteiger partial charge is 0.330 e. The van der Waals surface area contributed by atoms with E-state index < -0.39 is 0 Å². The molecule has 0 radical (unpaired) electrons. The first-order valence-corrected chi connectivity index (χ1v) is 6.25. The number of hydrogen-bond acceptors (Lipinski definition) is 3. The molecule has 3 N–H and O–H groups in total. The van der Waals surface area contributed by atoms with Gasteiger partial charge in [0.2, 0.25) is 0 Å². The summed E-state index contributed by atoms with van der Waals surface area (Å²) in [5.41, 5.74) is 6.77. The lowest BCUT2D eigenvalue weighted by molar-refractivity contribution is 0.338. The van der Waals surface area contributed by atoms with Crippen molar-refractivity contribution in [3.8, 4) is 0 Å². The minimum atomic E-state index is 0.534. The van der Waals surface area contributed by atoms with E-state index in [4.69, 9.17) is 5.73 Å². The molecule has 2 heterocycles. The van der Waals surface area contributed by atoms with Gasteiger partial charge in [0.15, 0.2) is 0 Å². The van der Waals surface area contributed by atoms with E-state index in [-0.39, 0.29) is 0 Å². The van der Waals surface area contributed by atoms with Crippen LogP contribution in [0.15, 0.2) is 10.8 Å². The van der Waals surface area contributed by atoms with Crippen LogP contribution in [0.5, 0.6) is 0 Å². The van der Waals surface area contributed by atoms with Gasteiger partial charge >= 0.3 is 0 Å². The van der Waals surface area contributed by atoms with E-state index in [0.717, 1.165) is 37.0 Å². The van der Waals surface area contributed by atoms with Crippen LogP contribution in [0.3, 0.4) is 0 Å². The maximum absolute atomic E-state index is 5.55. The molecule has 1 aromatic heterocycles. The smallest absolute Gasteiger partial charge is 0.107 e. The number of nitrogens with one attached hydrogen (secondary N) is 1. The van der Waals surface area contributed by atoms with Gasteiger partial charge in [-0.25, -0.2) is 0 Å². The third-order valence-electron chi connectivity index (χ3n) is 2.87. The molecule has 0 spiro atoms. The summed E-state index contributed by atoms with van der Waals surface area (Å²) in [5, 5.41) is 7.80. The molecule has 2 rings (SSSR count). The quantitative estimate of drug-likeness (QED) is 0.866. The van der Waals surface area contributed by atoms with E-state index in [9.17, 15) is 0 Å². The van der Waals surface area contributed by atoms with Crippen LogP contribution in [-0.4, -0.2) is 29.4 Å². The second kappa shape index (κ2) is 5.09. The fraction of sp³-hybridized carbons (Fsp3) is 0.700. The summed E-state index contributed by atoms with van der Waals surface area (Å²) in [6, 6.07) is 0.534. The van der Waals surface area contributed by atoms with E-state index in [1.54, 1.807) is 0 Å². The Kier molecular flexibility index (Phi) is 3.77. The van der Waals surface area contributed by atoms with E-state index in [1.165, 1.54) is 5.56 Å². The maximum atomic E-state index is 5.55. The Labute approximate surface area is 98.3 Å². The lowest BCUT2D eigenvalue weighted by Crippen LogP contribution is -2.30. The number of nitrogens with two attached hydrogens (primary N) is 1. The number of rotatable bonds is 3. The minimum Gasteiger partial charge on any atom is -0.330 e. The van der Waals surface area contributed by atoms with Gasteiger partial charge in [0, 0.05) is 5.56 Å². The average Bonchev–Trinajstić information content (AvgIpc) is 2.63. The van der Waals surface area contributed by atoms with Crippen molar-refractivity contribution in [2.45, 2.75) is 25.3 Å². The summed E-state index contributed by atoms with van der Waals surface area (Å²) < 4.78 is 3.21. The molecule has 0 atom stereocenters. The molecule has 1 fully saturated rings. The molecule has 15 heavy (non-hydrogen) atoms. The highest BCUT2D eigenvalue weighted by molar-refractivity contribution is 9.10. The molecule has 4 nitrogen and oxygen atoms in total. The predicted molar refractivity (Wildman–Crippen MR) is 63.8 cm³/mol. The van der Waals surface area contributed by atoms with Gasteiger partial charge in [-0.05, 0) is 54.8 Å². The Morgan fingerprint density at radius 1 is 1.53 bits per heavy atom. The van der Waals surface area contributed by atoms with E-state index >= 15 is 0 Å². The van der Waals surface area contributed by atoms with Gasteiger partial charge in [-0.3, -0.25) is 4.68 Å². The number of piperidine rings is 1. The zero-order valence-corrected chi connectivity index (χ0v) is 10.3. The maximum Gasteiger partial charge on any atom is 0.107 e. The summed E-state index contributed by atoms with van der Waals surface area (Å²) in [6.07, 6.45) is 5.13. The number of aromatic nitrogens is 2. The van der Waals surface area contributed by atoms with Crippen LogP contribution in [0, 0.1) is 0 Å². The predicted octanol–water partition coefficient (Wildman–Crippen LogP) is 1.07. The van der Waals surface area contributed by atoms with E-state index in [2.05, 4.69) is 31.0 Å². The molecule has 1 saturated heterocycles. The lowest BCUT2D eigenvalue weighted by atomic mass is 10.1. The second-order valence-corrected chi connectivity index (χ2v) is 4.68. The molecular weight excluding hydrogens is 256 g/mol. The molecule has 5 heteroatoms. The van der Waals surface area contributed by atoms with Crippen LogP contribution in [0.4, 0.5) is 0 Å². The van der Waals surface area contributed by atoms with Crippen LogP contribution in [0.1, 0.15) is 24.4 Å². The van der Waals surface area contributed by atoms with Crippen molar-refractivity contribution in [1.29, 1.82) is 0 Å². The Morgan fingerprint density at radius 2 is 2.27 bits per heavy atom. The Hall–Kier alpha value is -0.390. The highest BCUT2D eigenvalue weighted by Gasteiger charge is 2.18. The second-order valence-electron chi connectivity index (χ2n) is 3.93. The zero-order valence-electron chi connectivity index (χ0n) is 8.75. The third kappa shape index (κ3) is 2.41. The molecule has 0 amide bonds. The first-order chi connectivity index (χ1) is 7.33. The minimum absolute atomic E-state index is 0.534. The molecule has 0 aromatic carbocycles. The van der Waals surface area contributed by atoms with E-state index in [1.807, 2.05) is 6.20 Å². The zero-order chi connectivity index (χ0) is 10.7. The van der Waals surface area contributed by atoms with Crippen LogP contribution in [0.2, 0.25) is 0 Å². The van der Waals surface area contributed by atoms with Crippen molar-refractivity contribution >= 4 is 15.9 Å². The standard InChI is InChI=1S/C10H17BrN4/c11-10-8(1-4-12)7-14-15(10)9-2-5-13-6-3-9/h7,9,13H,1-6,12H2. The van der Waals surface area contributed by atoms with Crippen molar-refractivity contribution in [3.63, 3.8) is 0 Å². The number of halogens is 1. The Balaban J connectivity index is 2.13. The normalized spacial score (nSPS) is 18.3. The van der Waals surface area contributed by atoms with Crippen LogP contribution >= 0.6 is 15.9 Å². The lowest BCUT2D eigenvalue weighted by Gasteiger charge is -2.23. The molecule has 1 aliphatic rings. The fourth-order valence-electron chi connectivity index (χ4n) is 2.01. The summed E-state index contributed by atoms with van der Waals surface area (Å²) in [5.74, 6) is 0. The molecule has 0 unspecified atom stereocenters. The summed E-state index contributed by atoms with van der Waals surface area (Å²) in [7, 11) is 0. The summed E-state index contributed by atoms with van der Waals surface area (Å²) in [4.78, 5) is 0. The monoisotopic (exact) mass is 272 g/mol. The van der Waals surface area contributed by atoms with E-state index in [0.29, 0.717) is 12.6 Å². The van der Waals surface area contributed by atoms with Crippen molar-refractivity contribution in [2.75, 3.05) is 19.6 Å². The van der Waals surface area contributed by atoms with Gasteiger partial charge in [-0.15, -0.1) is 0 Å². The molecule has 0 saturated carbocycles. The van der Waals surface area contributed by atoms with Crippen molar-refractivity contribution in [1.82, 2.24) is 15.1 Å². The SMILES string of the molecule is NCCc1cnn(C2CCNCC2)c1Br. The molecule has 1 aromatic rings. The van der Waals surface area contributed by atoms with Gasteiger partial charge in [0.1, 0.15) is 4.60 Å². The van der Waals surface area contributed by atoms with Gasteiger partial charge in [-0.2, -0.15) is 5.10 Å². The van der Waals surface area contributed by atoms with Crippen LogP contribution in [0.25, 0.3) is 0 Å². The molecule has 0 aliphatic carbocycles.